The summed E-state index contributed by atoms with van der Waals surface area (Å²) < 4.78 is 43.9. The third kappa shape index (κ3) is 9.70. The van der Waals surface area contributed by atoms with Crippen molar-refractivity contribution < 1.29 is 27.2 Å². The van der Waals surface area contributed by atoms with Gasteiger partial charge in [-0.1, -0.05) is 6.07 Å². The highest BCUT2D eigenvalue weighted by molar-refractivity contribution is 7.89. The van der Waals surface area contributed by atoms with E-state index in [4.69, 9.17) is 0 Å². The number of nitrogens with one attached hydrogen (secondary N) is 4. The van der Waals surface area contributed by atoms with E-state index in [0.717, 1.165) is 74.6 Å². The fraction of sp³-hybridized carbons (Fsp3) is 0.432. The Bertz CT molecular complexity index is 2430. The van der Waals surface area contributed by atoms with Crippen LogP contribution in [0.3, 0.4) is 0 Å². The van der Waals surface area contributed by atoms with Crippen molar-refractivity contribution in [3.05, 3.63) is 94.9 Å². The lowest BCUT2D eigenvalue weighted by Crippen LogP contribution is -2.53. The molecule has 1 unspecified atom stereocenters. The number of aryl methyl sites for hydroxylation is 1. The normalized spacial score (nSPS) is 19.6. The van der Waals surface area contributed by atoms with Crippen LogP contribution in [-0.2, 0) is 32.7 Å². The maximum atomic E-state index is 15.3. The molecular weight excluding hydrogens is 800 g/mol. The molecule has 5 heterocycles. The average Bonchev–Trinajstić information content (AvgIpc) is 3.53. The van der Waals surface area contributed by atoms with Gasteiger partial charge in [0.05, 0.1) is 4.90 Å². The first-order valence-corrected chi connectivity index (χ1v) is 22.4. The molecule has 3 fully saturated rings. The predicted molar refractivity (Wildman–Crippen MR) is 231 cm³/mol. The highest BCUT2D eigenvalue weighted by atomic mass is 32.2. The van der Waals surface area contributed by atoms with Crippen LogP contribution >= 0.6 is 0 Å². The number of anilines is 5. The summed E-state index contributed by atoms with van der Waals surface area (Å²) in [6, 6.07) is 17.7. The van der Waals surface area contributed by atoms with Crippen LogP contribution in [-0.4, -0.2) is 108 Å². The van der Waals surface area contributed by atoms with Crippen LogP contribution in [0.2, 0.25) is 0 Å². The van der Waals surface area contributed by atoms with Crippen LogP contribution in [0.25, 0.3) is 0 Å². The molecule has 0 saturated carbocycles. The van der Waals surface area contributed by atoms with Crippen molar-refractivity contribution in [3.8, 4) is 0 Å². The molecular formula is C44H53FN10O5S. The molecule has 4 aliphatic heterocycles. The van der Waals surface area contributed by atoms with Gasteiger partial charge < -0.3 is 20.4 Å². The molecule has 0 spiro atoms. The number of hydrogen-bond donors (Lipinski definition) is 4. The van der Waals surface area contributed by atoms with E-state index in [0.29, 0.717) is 41.2 Å². The Labute approximate surface area is 356 Å². The molecule has 0 aliphatic carbocycles. The number of fused-ring (bicyclic) bond motifs is 1. The molecule has 61 heavy (non-hydrogen) atoms. The lowest BCUT2D eigenvalue weighted by atomic mass is 10.00. The van der Waals surface area contributed by atoms with Gasteiger partial charge in [-0.25, -0.2) is 22.5 Å². The van der Waals surface area contributed by atoms with Crippen molar-refractivity contribution in [1.29, 1.82) is 0 Å². The largest absolute Gasteiger partial charge is 0.369 e. The van der Waals surface area contributed by atoms with E-state index in [-0.39, 0.29) is 36.1 Å². The van der Waals surface area contributed by atoms with Gasteiger partial charge in [0.25, 0.3) is 5.91 Å². The Balaban J connectivity index is 0.803. The summed E-state index contributed by atoms with van der Waals surface area (Å²) in [7, 11) is -3.70. The van der Waals surface area contributed by atoms with E-state index < -0.39 is 33.3 Å². The standard InChI is InChI=1S/C44H53FN10O5S/c1-28-25-46-43(50-40(28)47-32-6-5-7-35(23-32)61(59,60)51-44(2,3)4)48-31-8-10-33(11-9-31)53-18-20-54(21-19-53)34-14-16-52(17-15-34)26-30-22-29-27-55(42(58)36(29)24-37(30)45)38-12-13-39(56)49-41(38)57/h5-11,22-25,34,38,51H,12-21,26-27H2,1-4H3,(H,49,56,57)(H2,46,47,48,50). The molecule has 4 N–H and O–H groups in total. The third-order valence-electron chi connectivity index (χ3n) is 11.8. The average molecular weight is 853 g/mol. The molecule has 3 aromatic carbocycles. The number of amides is 3. The number of halogens is 1. The zero-order valence-electron chi connectivity index (χ0n) is 35.0. The van der Waals surface area contributed by atoms with Crippen molar-refractivity contribution >= 4 is 56.6 Å². The van der Waals surface area contributed by atoms with Crippen molar-refractivity contribution in [3.63, 3.8) is 0 Å². The molecule has 17 heteroatoms. The minimum atomic E-state index is -3.70. The molecule has 15 nitrogen and oxygen atoms in total. The smallest absolute Gasteiger partial charge is 0.255 e. The van der Waals surface area contributed by atoms with Crippen LogP contribution < -0.4 is 25.6 Å². The topological polar surface area (TPSA) is 172 Å². The second kappa shape index (κ2) is 17.1. The number of carbonyl (C=O) groups is 3. The van der Waals surface area contributed by atoms with E-state index >= 15 is 4.39 Å². The van der Waals surface area contributed by atoms with Crippen molar-refractivity contribution in [2.24, 2.45) is 0 Å². The number of rotatable bonds is 11. The lowest BCUT2D eigenvalue weighted by molar-refractivity contribution is -0.136. The summed E-state index contributed by atoms with van der Waals surface area (Å²) in [6.07, 6.45) is 4.16. The first-order valence-electron chi connectivity index (χ1n) is 20.9. The van der Waals surface area contributed by atoms with Crippen LogP contribution in [0.4, 0.5) is 33.2 Å². The van der Waals surface area contributed by atoms with Gasteiger partial charge in [-0.3, -0.25) is 29.5 Å². The van der Waals surface area contributed by atoms with Crippen LogP contribution in [0.5, 0.6) is 0 Å². The molecule has 0 radical (unpaired) electrons. The van der Waals surface area contributed by atoms with E-state index in [9.17, 15) is 22.8 Å². The number of aromatic nitrogens is 2. The lowest BCUT2D eigenvalue weighted by Gasteiger charge is -2.43. The first-order chi connectivity index (χ1) is 29.1. The molecule has 1 atom stereocenters. The van der Waals surface area contributed by atoms with E-state index in [1.165, 1.54) is 11.0 Å². The Morgan fingerprint density at radius 1 is 0.885 bits per heavy atom. The summed E-state index contributed by atoms with van der Waals surface area (Å²) in [5.74, 6) is -0.618. The molecule has 4 aromatic rings. The fourth-order valence-corrected chi connectivity index (χ4v) is 10.1. The number of piperazine rings is 1. The summed E-state index contributed by atoms with van der Waals surface area (Å²) in [4.78, 5) is 55.2. The van der Waals surface area contributed by atoms with Crippen molar-refractivity contribution in [2.45, 2.75) is 89.0 Å². The van der Waals surface area contributed by atoms with Crippen LogP contribution in [0, 0.1) is 12.7 Å². The Morgan fingerprint density at radius 2 is 1.62 bits per heavy atom. The van der Waals surface area contributed by atoms with Gasteiger partial charge in [-0.05, 0) is 120 Å². The number of carbonyl (C=O) groups excluding carboxylic acids is 3. The SMILES string of the molecule is Cc1cnc(Nc2ccc(N3CCN(C4CCN(Cc5cc6c(cc5F)C(=O)N(C5CCC(=O)NC5=O)C6)CC4)CC3)cc2)nc1Nc1cccc(S(=O)(=O)NC(C)(C)C)c1. The van der Waals surface area contributed by atoms with E-state index in [2.05, 4.69) is 57.5 Å². The number of sulfonamides is 1. The zero-order chi connectivity index (χ0) is 43.1. The first kappa shape index (κ1) is 42.2. The van der Waals surface area contributed by atoms with Gasteiger partial charge in [-0.2, -0.15) is 4.98 Å². The predicted octanol–water partition coefficient (Wildman–Crippen LogP) is 5.04. The molecule has 0 bridgehead atoms. The van der Waals surface area contributed by atoms with Gasteiger partial charge in [0.15, 0.2) is 0 Å². The molecule has 3 saturated heterocycles. The molecule has 4 aliphatic rings. The minimum absolute atomic E-state index is 0.160. The number of imide groups is 1. The Morgan fingerprint density at radius 3 is 2.33 bits per heavy atom. The summed E-state index contributed by atoms with van der Waals surface area (Å²) in [5.41, 5.74) is 4.33. The van der Waals surface area contributed by atoms with Crippen molar-refractivity contribution in [2.75, 3.05) is 54.8 Å². The molecule has 322 valence electrons. The van der Waals surface area contributed by atoms with Gasteiger partial charge in [0.1, 0.15) is 17.7 Å². The minimum Gasteiger partial charge on any atom is -0.369 e. The van der Waals surface area contributed by atoms with Crippen molar-refractivity contribution in [1.82, 2.24) is 34.7 Å². The number of hydrogen-bond acceptors (Lipinski definition) is 12. The summed E-state index contributed by atoms with van der Waals surface area (Å²) >= 11 is 0. The summed E-state index contributed by atoms with van der Waals surface area (Å²) in [5, 5.41) is 8.86. The van der Waals surface area contributed by atoms with Gasteiger partial charge in [0.2, 0.25) is 27.8 Å². The van der Waals surface area contributed by atoms with E-state index in [1.54, 1.807) is 57.3 Å². The second-order valence-corrected chi connectivity index (χ2v) is 19.1. The highest BCUT2D eigenvalue weighted by Crippen LogP contribution is 2.31. The number of piperidine rings is 2. The molecule has 8 rings (SSSR count). The maximum Gasteiger partial charge on any atom is 0.255 e. The number of benzene rings is 3. The van der Waals surface area contributed by atoms with Crippen LogP contribution in [0.1, 0.15) is 73.5 Å². The Hall–Kier alpha value is -5.49. The van der Waals surface area contributed by atoms with Gasteiger partial charge in [-0.15, -0.1) is 0 Å². The highest BCUT2D eigenvalue weighted by Gasteiger charge is 2.40. The zero-order valence-corrected chi connectivity index (χ0v) is 35.8. The number of nitrogens with zero attached hydrogens (tertiary/aromatic N) is 6. The summed E-state index contributed by atoms with van der Waals surface area (Å²) in [6.45, 7) is 13.4. The van der Waals surface area contributed by atoms with E-state index in [1.807, 2.05) is 19.1 Å². The second-order valence-electron chi connectivity index (χ2n) is 17.4. The monoisotopic (exact) mass is 852 g/mol. The quantitative estimate of drug-likeness (QED) is 0.149. The molecule has 1 aromatic heterocycles. The van der Waals surface area contributed by atoms with Gasteiger partial charge >= 0.3 is 0 Å². The molecule has 3 amide bonds. The third-order valence-corrected chi connectivity index (χ3v) is 13.5. The Kier molecular flexibility index (Phi) is 11.8. The van der Waals surface area contributed by atoms with Crippen LogP contribution in [0.15, 0.2) is 71.8 Å². The number of likely N-dealkylation sites (tertiary alicyclic amines) is 1. The van der Waals surface area contributed by atoms with Gasteiger partial charge in [0, 0.05) is 97.2 Å². The maximum absolute atomic E-state index is 15.3. The fourth-order valence-electron chi connectivity index (χ4n) is 8.64.